The predicted octanol–water partition coefficient (Wildman–Crippen LogP) is 0.502. The summed E-state index contributed by atoms with van der Waals surface area (Å²) in [5.74, 6) is 6.18. The van der Waals surface area contributed by atoms with E-state index in [4.69, 9.17) is 10.6 Å². The fourth-order valence-electron chi connectivity index (χ4n) is 2.62. The van der Waals surface area contributed by atoms with E-state index in [9.17, 15) is 0 Å². The molecule has 1 aliphatic heterocycles. The first-order valence-electron chi connectivity index (χ1n) is 6.78. The second kappa shape index (κ2) is 5.59. The minimum absolute atomic E-state index is 0.315. The van der Waals surface area contributed by atoms with Gasteiger partial charge in [0, 0.05) is 6.04 Å². The van der Waals surface area contributed by atoms with E-state index >= 15 is 0 Å². The van der Waals surface area contributed by atoms with E-state index in [1.54, 1.807) is 6.20 Å². The summed E-state index contributed by atoms with van der Waals surface area (Å²) in [4.78, 5) is 10.8. The lowest BCUT2D eigenvalue weighted by molar-refractivity contribution is 0.230. The van der Waals surface area contributed by atoms with Crippen molar-refractivity contribution in [3.63, 3.8) is 0 Å². The van der Waals surface area contributed by atoms with Crippen LogP contribution in [0.5, 0.6) is 5.88 Å². The molecular formula is C12H19N7O. The van der Waals surface area contributed by atoms with Gasteiger partial charge in [-0.2, -0.15) is 15.1 Å². The summed E-state index contributed by atoms with van der Waals surface area (Å²) >= 11 is 0. The van der Waals surface area contributed by atoms with Crippen LogP contribution in [0, 0.1) is 0 Å². The Labute approximate surface area is 116 Å². The molecule has 0 saturated carbocycles. The van der Waals surface area contributed by atoms with Crippen molar-refractivity contribution in [2.24, 2.45) is 5.84 Å². The Balaban J connectivity index is 1.68. The summed E-state index contributed by atoms with van der Waals surface area (Å²) in [7, 11) is 2.16. The van der Waals surface area contributed by atoms with Gasteiger partial charge in [-0.25, -0.2) is 5.84 Å². The molecule has 20 heavy (non-hydrogen) atoms. The summed E-state index contributed by atoms with van der Waals surface area (Å²) < 4.78 is 5.80. The molecule has 4 N–H and O–H groups in total. The molecule has 8 heteroatoms. The van der Waals surface area contributed by atoms with E-state index in [2.05, 4.69) is 37.5 Å². The number of likely N-dealkylation sites (tertiary alicyclic amines) is 1. The lowest BCUT2D eigenvalue weighted by Gasteiger charge is -2.19. The fraction of sp³-hybridized carbons (Fsp3) is 0.583. The molecule has 0 bridgehead atoms. The monoisotopic (exact) mass is 277 g/mol. The van der Waals surface area contributed by atoms with Gasteiger partial charge in [0.05, 0.1) is 12.8 Å². The fourth-order valence-corrected chi connectivity index (χ4v) is 2.62. The largest absolute Gasteiger partial charge is 0.477 e. The maximum atomic E-state index is 5.80. The third-order valence-corrected chi connectivity index (χ3v) is 3.77. The number of H-pyrrole nitrogens is 1. The van der Waals surface area contributed by atoms with Crippen LogP contribution in [0.1, 0.15) is 19.3 Å². The molecule has 1 atom stereocenters. The van der Waals surface area contributed by atoms with Gasteiger partial charge in [0.1, 0.15) is 5.39 Å². The van der Waals surface area contributed by atoms with Gasteiger partial charge in [0.25, 0.3) is 0 Å². The number of aromatic amines is 1. The van der Waals surface area contributed by atoms with Crippen molar-refractivity contribution in [2.75, 3.05) is 25.6 Å². The topological polar surface area (TPSA) is 105 Å². The first-order chi connectivity index (χ1) is 9.78. The number of nitrogens with one attached hydrogen (secondary N) is 2. The molecule has 0 amide bonds. The average Bonchev–Trinajstić information content (AvgIpc) is 3.07. The smallest absolute Gasteiger partial charge is 0.242 e. The van der Waals surface area contributed by atoms with Gasteiger partial charge >= 0.3 is 0 Å². The number of nitrogens with zero attached hydrogens (tertiary/aromatic N) is 4. The van der Waals surface area contributed by atoms with E-state index in [1.807, 2.05) is 0 Å². The Morgan fingerprint density at radius 1 is 1.55 bits per heavy atom. The normalized spacial score (nSPS) is 19.6. The first-order valence-corrected chi connectivity index (χ1v) is 6.78. The summed E-state index contributed by atoms with van der Waals surface area (Å²) in [6.45, 7) is 1.79. The predicted molar refractivity (Wildman–Crippen MR) is 75.3 cm³/mol. The second-order valence-corrected chi connectivity index (χ2v) is 5.04. The van der Waals surface area contributed by atoms with Crippen molar-refractivity contribution < 1.29 is 4.74 Å². The van der Waals surface area contributed by atoms with E-state index in [1.165, 1.54) is 19.4 Å². The SMILES string of the molecule is CN1CCCC1CCOc1nc(NN)nc2[nH]ncc12. The molecule has 1 aliphatic rings. The molecule has 1 saturated heterocycles. The van der Waals surface area contributed by atoms with Crippen LogP contribution in [-0.4, -0.2) is 51.3 Å². The number of nitrogen functional groups attached to an aromatic ring is 1. The Morgan fingerprint density at radius 2 is 2.45 bits per heavy atom. The van der Waals surface area contributed by atoms with Crippen LogP contribution in [0.3, 0.4) is 0 Å². The van der Waals surface area contributed by atoms with Gasteiger partial charge < -0.3 is 9.64 Å². The van der Waals surface area contributed by atoms with Crippen molar-refractivity contribution in [1.82, 2.24) is 25.1 Å². The Kier molecular flexibility index (Phi) is 3.66. The highest BCUT2D eigenvalue weighted by molar-refractivity contribution is 5.80. The Hall–Kier alpha value is -1.93. The number of aromatic nitrogens is 4. The average molecular weight is 277 g/mol. The molecule has 0 spiro atoms. The highest BCUT2D eigenvalue weighted by Gasteiger charge is 2.20. The van der Waals surface area contributed by atoms with Crippen molar-refractivity contribution >= 4 is 17.0 Å². The van der Waals surface area contributed by atoms with Crippen molar-refractivity contribution in [1.29, 1.82) is 0 Å². The molecule has 8 nitrogen and oxygen atoms in total. The zero-order chi connectivity index (χ0) is 13.9. The van der Waals surface area contributed by atoms with Gasteiger partial charge in [0.15, 0.2) is 5.65 Å². The summed E-state index contributed by atoms with van der Waals surface area (Å²) in [6.07, 6.45) is 5.15. The maximum absolute atomic E-state index is 5.80. The quantitative estimate of drug-likeness (QED) is 0.540. The number of hydrazine groups is 1. The van der Waals surface area contributed by atoms with Crippen molar-refractivity contribution in [2.45, 2.75) is 25.3 Å². The highest BCUT2D eigenvalue weighted by atomic mass is 16.5. The third-order valence-electron chi connectivity index (χ3n) is 3.77. The number of nitrogens with two attached hydrogens (primary N) is 1. The Morgan fingerprint density at radius 3 is 3.20 bits per heavy atom. The summed E-state index contributed by atoms with van der Waals surface area (Å²) in [6, 6.07) is 0.601. The zero-order valence-electron chi connectivity index (χ0n) is 11.5. The lowest BCUT2D eigenvalue weighted by Crippen LogP contribution is -2.26. The molecule has 0 aliphatic carbocycles. The van der Waals surface area contributed by atoms with Crippen LogP contribution in [0.4, 0.5) is 5.95 Å². The van der Waals surface area contributed by atoms with Crippen LogP contribution >= 0.6 is 0 Å². The van der Waals surface area contributed by atoms with Crippen LogP contribution in [-0.2, 0) is 0 Å². The molecule has 2 aromatic rings. The van der Waals surface area contributed by atoms with Gasteiger partial charge in [-0.3, -0.25) is 10.5 Å². The zero-order valence-corrected chi connectivity index (χ0v) is 11.5. The van der Waals surface area contributed by atoms with Gasteiger partial charge in [-0.15, -0.1) is 0 Å². The van der Waals surface area contributed by atoms with Crippen LogP contribution < -0.4 is 16.0 Å². The van der Waals surface area contributed by atoms with Crippen LogP contribution in [0.2, 0.25) is 0 Å². The number of ether oxygens (including phenoxy) is 1. The molecule has 1 fully saturated rings. The molecule has 3 heterocycles. The van der Waals surface area contributed by atoms with Crippen LogP contribution in [0.15, 0.2) is 6.20 Å². The van der Waals surface area contributed by atoms with E-state index in [0.717, 1.165) is 11.8 Å². The molecule has 0 aromatic carbocycles. The molecule has 1 unspecified atom stereocenters. The van der Waals surface area contributed by atoms with E-state index in [0.29, 0.717) is 30.1 Å². The second-order valence-electron chi connectivity index (χ2n) is 5.04. The standard InChI is InChI=1S/C12H19N7O/c1-19-5-2-3-8(19)4-6-20-11-9-7-14-18-10(9)15-12(16-11)17-13/h7-8H,2-6,13H2,1H3,(H2,14,15,16,17,18). The maximum Gasteiger partial charge on any atom is 0.242 e. The number of anilines is 1. The number of hydrogen-bond acceptors (Lipinski definition) is 7. The van der Waals surface area contributed by atoms with Gasteiger partial charge in [-0.1, -0.05) is 0 Å². The number of fused-ring (bicyclic) bond motifs is 1. The minimum Gasteiger partial charge on any atom is -0.477 e. The van der Waals surface area contributed by atoms with Crippen molar-refractivity contribution in [3.05, 3.63) is 6.20 Å². The molecule has 3 rings (SSSR count). The van der Waals surface area contributed by atoms with Crippen LogP contribution in [0.25, 0.3) is 11.0 Å². The molecule has 2 aromatic heterocycles. The van der Waals surface area contributed by atoms with E-state index in [-0.39, 0.29) is 0 Å². The first kappa shape index (κ1) is 13.1. The van der Waals surface area contributed by atoms with Gasteiger partial charge in [0.2, 0.25) is 11.8 Å². The number of rotatable bonds is 5. The minimum atomic E-state index is 0.315. The number of hydrogen-bond donors (Lipinski definition) is 3. The summed E-state index contributed by atoms with van der Waals surface area (Å²) in [5, 5.41) is 7.51. The van der Waals surface area contributed by atoms with E-state index < -0.39 is 0 Å². The lowest BCUT2D eigenvalue weighted by atomic mass is 10.1. The molecular weight excluding hydrogens is 258 g/mol. The highest BCUT2D eigenvalue weighted by Crippen LogP contribution is 2.23. The van der Waals surface area contributed by atoms with Gasteiger partial charge in [-0.05, 0) is 32.9 Å². The molecule has 0 radical (unpaired) electrons. The Bertz CT molecular complexity index is 584. The summed E-state index contributed by atoms with van der Waals surface area (Å²) in [5.41, 5.74) is 3.04. The third kappa shape index (κ3) is 2.52. The molecule has 108 valence electrons. The van der Waals surface area contributed by atoms with Crippen molar-refractivity contribution in [3.8, 4) is 5.88 Å².